The fraction of sp³-hybridized carbons (Fsp3) is 0.294. The van der Waals surface area contributed by atoms with Gasteiger partial charge in [-0.05, 0) is 29.7 Å². The molecule has 0 bridgehead atoms. The molecule has 0 aliphatic rings. The lowest BCUT2D eigenvalue weighted by molar-refractivity contribution is -0.137. The highest BCUT2D eigenvalue weighted by Gasteiger charge is 2.07. The number of carbonyl (C=O) groups excluding carboxylic acids is 2. The Hall–Kier alpha value is -3.16. The van der Waals surface area contributed by atoms with Crippen LogP contribution in [0.4, 0.5) is 5.69 Å². The average molecular weight is 344 g/mol. The van der Waals surface area contributed by atoms with E-state index in [-0.39, 0.29) is 18.2 Å². The molecule has 3 N–H and O–H groups in total. The smallest absolute Gasteiger partial charge is 0.322 e. The third-order valence-corrected chi connectivity index (χ3v) is 3.44. The van der Waals surface area contributed by atoms with Crippen molar-refractivity contribution in [1.82, 2.24) is 15.1 Å². The number of aryl methyl sites for hydroxylation is 2. The van der Waals surface area contributed by atoms with E-state index < -0.39 is 12.5 Å². The fourth-order valence-electron chi connectivity index (χ4n) is 2.21. The Morgan fingerprint density at radius 3 is 2.44 bits per heavy atom. The summed E-state index contributed by atoms with van der Waals surface area (Å²) in [4.78, 5) is 33.9. The Morgan fingerprint density at radius 2 is 1.84 bits per heavy atom. The summed E-state index contributed by atoms with van der Waals surface area (Å²) in [6.45, 7) is -0.399. The Kier molecular flexibility index (Phi) is 6.27. The van der Waals surface area contributed by atoms with Gasteiger partial charge in [0.2, 0.25) is 11.8 Å². The summed E-state index contributed by atoms with van der Waals surface area (Å²) in [5.41, 5.74) is 2.38. The molecule has 1 heterocycles. The first-order valence-corrected chi connectivity index (χ1v) is 7.77. The maximum Gasteiger partial charge on any atom is 0.322 e. The number of aliphatic carboxylic acids is 1. The molecule has 0 atom stereocenters. The molecule has 0 aliphatic carbocycles. The van der Waals surface area contributed by atoms with Crippen molar-refractivity contribution in [1.29, 1.82) is 0 Å². The molecule has 0 fully saturated rings. The molecular formula is C17H20N4O4. The van der Waals surface area contributed by atoms with Gasteiger partial charge in [0.25, 0.3) is 0 Å². The predicted octanol–water partition coefficient (Wildman–Crippen LogP) is 0.735. The molecule has 8 heteroatoms. The lowest BCUT2D eigenvalue weighted by Crippen LogP contribution is -2.30. The van der Waals surface area contributed by atoms with Gasteiger partial charge in [-0.25, -0.2) is 0 Å². The second-order valence-electron chi connectivity index (χ2n) is 5.61. The molecule has 0 radical (unpaired) electrons. The second kappa shape index (κ2) is 8.62. The maximum atomic E-state index is 11.9. The van der Waals surface area contributed by atoms with Crippen LogP contribution in [0.2, 0.25) is 0 Å². The van der Waals surface area contributed by atoms with Crippen LogP contribution in [-0.2, 0) is 34.3 Å². The standard InChI is InChI=1S/C17H20N4O4/c1-21-11-13(9-19-21)4-7-15(22)20-14-5-2-12(3-6-14)8-16(23)18-10-17(24)25/h2-3,5-6,9,11H,4,7-8,10H2,1H3,(H,18,23)(H,20,22)(H,24,25). The number of rotatable bonds is 8. The quantitative estimate of drug-likeness (QED) is 0.653. The summed E-state index contributed by atoms with van der Waals surface area (Å²) < 4.78 is 1.69. The molecule has 132 valence electrons. The van der Waals surface area contributed by atoms with E-state index >= 15 is 0 Å². The first-order chi connectivity index (χ1) is 11.9. The predicted molar refractivity (Wildman–Crippen MR) is 91.0 cm³/mol. The molecule has 0 saturated carbocycles. The molecule has 1 aromatic heterocycles. The molecular weight excluding hydrogens is 324 g/mol. The summed E-state index contributed by atoms with van der Waals surface area (Å²) in [6.07, 6.45) is 4.66. The van der Waals surface area contributed by atoms with E-state index in [1.807, 2.05) is 13.2 Å². The highest BCUT2D eigenvalue weighted by molar-refractivity contribution is 5.91. The van der Waals surface area contributed by atoms with Crippen LogP contribution in [0.5, 0.6) is 0 Å². The van der Waals surface area contributed by atoms with Crippen LogP contribution < -0.4 is 10.6 Å². The van der Waals surface area contributed by atoms with Crippen molar-refractivity contribution in [3.8, 4) is 0 Å². The number of nitrogens with zero attached hydrogens (tertiary/aromatic N) is 2. The summed E-state index contributed by atoms with van der Waals surface area (Å²) in [5, 5.41) is 17.7. The van der Waals surface area contributed by atoms with Crippen LogP contribution >= 0.6 is 0 Å². The Morgan fingerprint density at radius 1 is 1.12 bits per heavy atom. The van der Waals surface area contributed by atoms with Crippen LogP contribution in [0.15, 0.2) is 36.7 Å². The lowest BCUT2D eigenvalue weighted by Gasteiger charge is -2.07. The minimum atomic E-state index is -1.09. The van der Waals surface area contributed by atoms with E-state index in [4.69, 9.17) is 5.11 Å². The molecule has 0 aliphatic heterocycles. The molecule has 8 nitrogen and oxygen atoms in total. The van der Waals surface area contributed by atoms with Gasteiger partial charge in [-0.1, -0.05) is 12.1 Å². The zero-order valence-electron chi connectivity index (χ0n) is 13.9. The van der Waals surface area contributed by atoms with Gasteiger partial charge in [0.15, 0.2) is 0 Å². The number of hydrogen-bond donors (Lipinski definition) is 3. The number of nitrogens with one attached hydrogen (secondary N) is 2. The molecule has 25 heavy (non-hydrogen) atoms. The fourth-order valence-corrected chi connectivity index (χ4v) is 2.21. The number of benzene rings is 1. The first kappa shape index (κ1) is 18.2. The number of carboxylic acids is 1. The molecule has 2 aromatic rings. The van der Waals surface area contributed by atoms with Crippen molar-refractivity contribution in [2.75, 3.05) is 11.9 Å². The van der Waals surface area contributed by atoms with Gasteiger partial charge in [-0.3, -0.25) is 19.1 Å². The van der Waals surface area contributed by atoms with E-state index in [1.54, 1.807) is 35.1 Å². The summed E-state index contributed by atoms with van der Waals surface area (Å²) in [6, 6.07) is 6.86. The van der Waals surface area contributed by atoms with Gasteiger partial charge in [0.1, 0.15) is 6.54 Å². The SMILES string of the molecule is Cn1cc(CCC(=O)Nc2ccc(CC(=O)NCC(=O)O)cc2)cn1. The third-order valence-electron chi connectivity index (χ3n) is 3.44. The zero-order valence-corrected chi connectivity index (χ0v) is 13.9. The lowest BCUT2D eigenvalue weighted by atomic mass is 10.1. The van der Waals surface area contributed by atoms with E-state index in [0.717, 1.165) is 11.1 Å². The van der Waals surface area contributed by atoms with E-state index in [9.17, 15) is 14.4 Å². The van der Waals surface area contributed by atoms with E-state index in [2.05, 4.69) is 15.7 Å². The second-order valence-corrected chi connectivity index (χ2v) is 5.61. The van der Waals surface area contributed by atoms with Gasteiger partial charge in [0, 0.05) is 25.4 Å². The number of anilines is 1. The van der Waals surface area contributed by atoms with Crippen LogP contribution in [0.25, 0.3) is 0 Å². The van der Waals surface area contributed by atoms with E-state index in [1.165, 1.54) is 0 Å². The Bertz CT molecular complexity index is 752. The zero-order chi connectivity index (χ0) is 18.2. The molecule has 1 aromatic carbocycles. The van der Waals surface area contributed by atoms with Gasteiger partial charge in [-0.15, -0.1) is 0 Å². The van der Waals surface area contributed by atoms with Crippen LogP contribution in [0.3, 0.4) is 0 Å². The molecule has 2 rings (SSSR count). The number of hydrogen-bond acceptors (Lipinski definition) is 4. The Balaban J connectivity index is 1.78. The number of aromatic nitrogens is 2. The van der Waals surface area contributed by atoms with Crippen molar-refractivity contribution >= 4 is 23.5 Å². The topological polar surface area (TPSA) is 113 Å². The monoisotopic (exact) mass is 344 g/mol. The first-order valence-electron chi connectivity index (χ1n) is 7.77. The van der Waals surface area contributed by atoms with Crippen LogP contribution in [-0.4, -0.2) is 39.2 Å². The molecule has 0 saturated heterocycles. The molecule has 2 amide bonds. The van der Waals surface area contributed by atoms with Crippen LogP contribution in [0, 0.1) is 0 Å². The van der Waals surface area contributed by atoms with Crippen molar-refractivity contribution in [2.24, 2.45) is 7.05 Å². The third kappa shape index (κ3) is 6.46. The maximum absolute atomic E-state index is 11.9. The minimum absolute atomic E-state index is 0.0858. The summed E-state index contributed by atoms with van der Waals surface area (Å²) in [5.74, 6) is -1.55. The number of carboxylic acid groups (broad SMARTS) is 1. The van der Waals surface area contributed by atoms with Crippen LogP contribution in [0.1, 0.15) is 17.5 Å². The van der Waals surface area contributed by atoms with Gasteiger partial charge in [0.05, 0.1) is 12.6 Å². The summed E-state index contributed by atoms with van der Waals surface area (Å²) >= 11 is 0. The minimum Gasteiger partial charge on any atom is -0.480 e. The highest BCUT2D eigenvalue weighted by Crippen LogP contribution is 2.11. The number of amides is 2. The highest BCUT2D eigenvalue weighted by atomic mass is 16.4. The van der Waals surface area contributed by atoms with Gasteiger partial charge >= 0.3 is 5.97 Å². The molecule has 0 unspecified atom stereocenters. The molecule has 0 spiro atoms. The largest absolute Gasteiger partial charge is 0.480 e. The van der Waals surface area contributed by atoms with Crippen molar-refractivity contribution in [2.45, 2.75) is 19.3 Å². The Labute approximate surface area is 144 Å². The van der Waals surface area contributed by atoms with Crippen molar-refractivity contribution < 1.29 is 19.5 Å². The average Bonchev–Trinajstić information content (AvgIpc) is 2.98. The van der Waals surface area contributed by atoms with Gasteiger partial charge < -0.3 is 15.7 Å². The van der Waals surface area contributed by atoms with Gasteiger partial charge in [-0.2, -0.15) is 5.10 Å². The number of carbonyl (C=O) groups is 3. The summed E-state index contributed by atoms with van der Waals surface area (Å²) in [7, 11) is 1.83. The van der Waals surface area contributed by atoms with Crippen molar-refractivity contribution in [3.05, 3.63) is 47.8 Å². The normalized spacial score (nSPS) is 10.3. The van der Waals surface area contributed by atoms with Crippen molar-refractivity contribution in [3.63, 3.8) is 0 Å². The van der Waals surface area contributed by atoms with E-state index in [0.29, 0.717) is 18.5 Å².